The van der Waals surface area contributed by atoms with Crippen molar-refractivity contribution in [3.63, 3.8) is 0 Å². The van der Waals surface area contributed by atoms with Crippen LogP contribution in [0.15, 0.2) is 46.9 Å². The third kappa shape index (κ3) is 5.84. The fourth-order valence-corrected chi connectivity index (χ4v) is 3.47. The van der Waals surface area contributed by atoms with E-state index in [0.717, 1.165) is 18.4 Å². The SMILES string of the molecule is CC(N)c1oc(-c2ccc(OC(F)F)c(OCC3CC3)c2)nc1C(=O)NCc1ccccc1Cl. The van der Waals surface area contributed by atoms with E-state index in [9.17, 15) is 13.6 Å². The van der Waals surface area contributed by atoms with E-state index < -0.39 is 18.6 Å². The van der Waals surface area contributed by atoms with E-state index in [2.05, 4.69) is 15.0 Å². The molecule has 34 heavy (non-hydrogen) atoms. The highest BCUT2D eigenvalue weighted by Gasteiger charge is 2.26. The highest BCUT2D eigenvalue weighted by atomic mass is 35.5. The molecule has 10 heteroatoms. The van der Waals surface area contributed by atoms with Gasteiger partial charge in [-0.2, -0.15) is 8.78 Å². The van der Waals surface area contributed by atoms with Gasteiger partial charge in [0.05, 0.1) is 12.6 Å². The fourth-order valence-electron chi connectivity index (χ4n) is 3.27. The van der Waals surface area contributed by atoms with Crippen LogP contribution in [0, 0.1) is 5.92 Å². The van der Waals surface area contributed by atoms with Gasteiger partial charge in [0.25, 0.3) is 5.91 Å². The summed E-state index contributed by atoms with van der Waals surface area (Å²) in [6.45, 7) is -0.736. The van der Waals surface area contributed by atoms with Crippen LogP contribution in [0.1, 0.15) is 47.6 Å². The third-order valence-corrected chi connectivity index (χ3v) is 5.63. The maximum atomic E-state index is 12.9. The lowest BCUT2D eigenvalue weighted by atomic mass is 10.2. The molecule has 1 amide bonds. The minimum Gasteiger partial charge on any atom is -0.489 e. The number of oxazole rings is 1. The molecule has 1 heterocycles. The van der Waals surface area contributed by atoms with E-state index in [1.807, 2.05) is 6.07 Å². The quantitative estimate of drug-likeness (QED) is 0.397. The summed E-state index contributed by atoms with van der Waals surface area (Å²) in [7, 11) is 0. The summed E-state index contributed by atoms with van der Waals surface area (Å²) in [5.41, 5.74) is 7.22. The van der Waals surface area contributed by atoms with Crippen molar-refractivity contribution >= 4 is 17.5 Å². The Morgan fingerprint density at radius 1 is 1.26 bits per heavy atom. The van der Waals surface area contributed by atoms with Crippen LogP contribution >= 0.6 is 11.6 Å². The molecule has 0 radical (unpaired) electrons. The highest BCUT2D eigenvalue weighted by Crippen LogP contribution is 2.37. The number of halogens is 3. The first-order chi connectivity index (χ1) is 16.3. The third-order valence-electron chi connectivity index (χ3n) is 5.26. The molecule has 0 bridgehead atoms. The molecule has 1 fully saturated rings. The van der Waals surface area contributed by atoms with E-state index in [1.54, 1.807) is 25.1 Å². The van der Waals surface area contributed by atoms with E-state index in [1.165, 1.54) is 18.2 Å². The number of nitrogens with zero attached hydrogens (tertiary/aromatic N) is 1. The van der Waals surface area contributed by atoms with Crippen molar-refractivity contribution in [1.29, 1.82) is 0 Å². The zero-order valence-electron chi connectivity index (χ0n) is 18.4. The van der Waals surface area contributed by atoms with Gasteiger partial charge in [-0.15, -0.1) is 0 Å². The van der Waals surface area contributed by atoms with Crippen LogP contribution in [0.3, 0.4) is 0 Å². The largest absolute Gasteiger partial charge is 0.489 e. The van der Waals surface area contributed by atoms with Gasteiger partial charge in [-0.1, -0.05) is 29.8 Å². The molecule has 2 aromatic carbocycles. The molecule has 0 spiro atoms. The smallest absolute Gasteiger partial charge is 0.387 e. The Bertz CT molecular complexity index is 1160. The molecule has 1 atom stereocenters. The normalized spacial score (nSPS) is 14.2. The van der Waals surface area contributed by atoms with Gasteiger partial charge in [0.1, 0.15) is 0 Å². The van der Waals surface area contributed by atoms with Crippen LogP contribution in [0.5, 0.6) is 11.5 Å². The summed E-state index contributed by atoms with van der Waals surface area (Å²) in [6.07, 6.45) is 2.07. The highest BCUT2D eigenvalue weighted by molar-refractivity contribution is 6.31. The standard InChI is InChI=1S/C24H24ClF2N3O4/c1-13(28)21-20(22(31)29-11-16-4-2-3-5-17(16)25)30-23(34-21)15-8-9-18(33-24(26)27)19(10-15)32-12-14-6-7-14/h2-5,8-10,13-14,24H,6-7,11-12,28H2,1H3,(H,29,31). The average molecular weight is 492 g/mol. The second kappa shape index (κ2) is 10.4. The van der Waals surface area contributed by atoms with Crippen LogP contribution < -0.4 is 20.5 Å². The molecule has 0 aliphatic heterocycles. The van der Waals surface area contributed by atoms with Gasteiger partial charge >= 0.3 is 6.61 Å². The Balaban J connectivity index is 1.59. The first-order valence-electron chi connectivity index (χ1n) is 10.8. The van der Waals surface area contributed by atoms with Crippen LogP contribution in [-0.4, -0.2) is 24.1 Å². The molecular weight excluding hydrogens is 468 g/mol. The predicted octanol–water partition coefficient (Wildman–Crippen LogP) is 5.33. The average Bonchev–Trinajstić information content (AvgIpc) is 3.52. The van der Waals surface area contributed by atoms with Gasteiger partial charge in [-0.3, -0.25) is 4.79 Å². The molecule has 4 rings (SSSR count). The minimum absolute atomic E-state index is 0.0328. The molecule has 1 aliphatic carbocycles. The van der Waals surface area contributed by atoms with Gasteiger partial charge in [0.2, 0.25) is 5.89 Å². The number of hydrogen-bond acceptors (Lipinski definition) is 6. The molecular formula is C24H24ClF2N3O4. The summed E-state index contributed by atoms with van der Waals surface area (Å²) < 4.78 is 41.7. The lowest BCUT2D eigenvalue weighted by molar-refractivity contribution is -0.0515. The number of amides is 1. The van der Waals surface area contributed by atoms with Crippen molar-refractivity contribution in [2.75, 3.05) is 6.61 Å². The van der Waals surface area contributed by atoms with Crippen molar-refractivity contribution in [1.82, 2.24) is 10.3 Å². The van der Waals surface area contributed by atoms with Gasteiger partial charge in [-0.25, -0.2) is 4.98 Å². The first kappa shape index (κ1) is 24.0. The topological polar surface area (TPSA) is 99.6 Å². The Kier molecular flexibility index (Phi) is 7.33. The number of alkyl halides is 2. The van der Waals surface area contributed by atoms with Crippen LogP contribution in [0.25, 0.3) is 11.5 Å². The number of rotatable bonds is 10. The monoisotopic (exact) mass is 491 g/mol. The summed E-state index contributed by atoms with van der Waals surface area (Å²) >= 11 is 6.15. The molecule has 7 nitrogen and oxygen atoms in total. The molecule has 0 saturated heterocycles. The summed E-state index contributed by atoms with van der Waals surface area (Å²) in [6, 6.07) is 10.9. The molecule has 3 N–H and O–H groups in total. The van der Waals surface area contributed by atoms with Crippen molar-refractivity contribution in [2.45, 2.75) is 39.0 Å². The van der Waals surface area contributed by atoms with Crippen LogP contribution in [0.2, 0.25) is 5.02 Å². The Morgan fingerprint density at radius 3 is 2.71 bits per heavy atom. The Labute approximate surface area is 200 Å². The molecule has 180 valence electrons. The van der Waals surface area contributed by atoms with E-state index >= 15 is 0 Å². The van der Waals surface area contributed by atoms with Gasteiger partial charge in [0, 0.05) is 17.1 Å². The predicted molar refractivity (Wildman–Crippen MR) is 122 cm³/mol. The minimum atomic E-state index is -2.99. The van der Waals surface area contributed by atoms with Crippen LogP contribution in [0.4, 0.5) is 8.78 Å². The lowest BCUT2D eigenvalue weighted by Gasteiger charge is -2.12. The Hall–Kier alpha value is -3.17. The van der Waals surface area contributed by atoms with E-state index in [-0.39, 0.29) is 35.4 Å². The Morgan fingerprint density at radius 2 is 2.03 bits per heavy atom. The second-order valence-electron chi connectivity index (χ2n) is 8.09. The van der Waals surface area contributed by atoms with Crippen molar-refractivity contribution in [3.05, 3.63) is 64.5 Å². The summed E-state index contributed by atoms with van der Waals surface area (Å²) in [5, 5.41) is 3.30. The fraction of sp³-hybridized carbons (Fsp3) is 0.333. The molecule has 1 aliphatic rings. The maximum absolute atomic E-state index is 12.9. The van der Waals surface area contributed by atoms with Gasteiger partial charge in [-0.05, 0) is 55.5 Å². The number of benzene rings is 2. The maximum Gasteiger partial charge on any atom is 0.387 e. The zero-order valence-corrected chi connectivity index (χ0v) is 19.1. The number of ether oxygens (including phenoxy) is 2. The summed E-state index contributed by atoms with van der Waals surface area (Å²) in [5.74, 6) is 0.286. The number of hydrogen-bond donors (Lipinski definition) is 2. The number of carbonyl (C=O) groups excluding carboxylic acids is 1. The second-order valence-corrected chi connectivity index (χ2v) is 8.50. The van der Waals surface area contributed by atoms with Crippen molar-refractivity contribution in [2.24, 2.45) is 11.7 Å². The number of aromatic nitrogens is 1. The number of nitrogens with one attached hydrogen (secondary N) is 1. The van der Waals surface area contributed by atoms with Crippen molar-refractivity contribution in [3.8, 4) is 23.0 Å². The lowest BCUT2D eigenvalue weighted by Crippen LogP contribution is -2.25. The number of carbonyl (C=O) groups is 1. The van der Waals surface area contributed by atoms with Crippen molar-refractivity contribution < 1.29 is 27.5 Å². The molecule has 1 aromatic heterocycles. The first-order valence-corrected chi connectivity index (χ1v) is 11.2. The van der Waals surface area contributed by atoms with E-state index in [0.29, 0.717) is 23.1 Å². The van der Waals surface area contributed by atoms with Gasteiger partial charge in [0.15, 0.2) is 23.0 Å². The van der Waals surface area contributed by atoms with E-state index in [4.69, 9.17) is 26.5 Å². The van der Waals surface area contributed by atoms with Gasteiger partial charge < -0.3 is 24.9 Å². The zero-order chi connectivity index (χ0) is 24.2. The van der Waals surface area contributed by atoms with Crippen LogP contribution in [-0.2, 0) is 6.54 Å². The number of nitrogens with two attached hydrogens (primary N) is 1. The molecule has 1 saturated carbocycles. The molecule has 1 unspecified atom stereocenters. The molecule has 3 aromatic rings. The summed E-state index contributed by atoms with van der Waals surface area (Å²) in [4.78, 5) is 17.2.